The molecule has 2 nitrogen and oxygen atoms in total. The van der Waals surface area contributed by atoms with Crippen LogP contribution in [0.15, 0.2) is 30.3 Å². The maximum absolute atomic E-state index is 10.3. The van der Waals surface area contributed by atoms with Crippen molar-refractivity contribution in [2.45, 2.75) is 89.0 Å². The van der Waals surface area contributed by atoms with Gasteiger partial charge in [0.25, 0.3) is 0 Å². The van der Waals surface area contributed by atoms with Gasteiger partial charge in [-0.1, -0.05) is 95.0 Å². The highest BCUT2D eigenvalue weighted by Crippen LogP contribution is 2.26. The Morgan fingerprint density at radius 2 is 1.38 bits per heavy atom. The minimum Gasteiger partial charge on any atom is -0.365 e. The SMILES string of the molecule is CCCCCCCCCCCC(P)C(O)(O)Cc1ccccc1.Cl. The number of benzene rings is 1. The summed E-state index contributed by atoms with van der Waals surface area (Å²) in [6.45, 7) is 2.25. The summed E-state index contributed by atoms with van der Waals surface area (Å²) < 4.78 is 0. The summed E-state index contributed by atoms with van der Waals surface area (Å²) in [6.07, 6.45) is 12.8. The predicted molar refractivity (Wildman–Crippen MR) is 110 cm³/mol. The van der Waals surface area contributed by atoms with E-state index < -0.39 is 5.79 Å². The first-order chi connectivity index (χ1) is 11.1. The first-order valence-corrected chi connectivity index (χ1v) is 9.97. The topological polar surface area (TPSA) is 40.5 Å². The fourth-order valence-corrected chi connectivity index (χ4v) is 3.29. The molecular formula is C20H36ClO2P. The van der Waals surface area contributed by atoms with E-state index in [-0.39, 0.29) is 18.1 Å². The maximum atomic E-state index is 10.3. The Morgan fingerprint density at radius 1 is 0.875 bits per heavy atom. The third kappa shape index (κ3) is 10.7. The average molecular weight is 375 g/mol. The summed E-state index contributed by atoms with van der Waals surface area (Å²) in [7, 11) is 2.63. The lowest BCUT2D eigenvalue weighted by Crippen LogP contribution is -2.40. The lowest BCUT2D eigenvalue weighted by Gasteiger charge is -2.28. The van der Waals surface area contributed by atoms with Gasteiger partial charge < -0.3 is 10.2 Å². The molecule has 0 amide bonds. The summed E-state index contributed by atoms with van der Waals surface area (Å²) in [5.41, 5.74) is 0.796. The molecule has 0 aromatic heterocycles. The van der Waals surface area contributed by atoms with Crippen LogP contribution in [0.5, 0.6) is 0 Å². The highest BCUT2D eigenvalue weighted by Gasteiger charge is 2.30. The van der Waals surface area contributed by atoms with E-state index in [2.05, 4.69) is 16.2 Å². The fourth-order valence-electron chi connectivity index (χ4n) is 2.93. The van der Waals surface area contributed by atoms with Crippen molar-refractivity contribution in [2.75, 3.05) is 0 Å². The summed E-state index contributed by atoms with van der Waals surface area (Å²) >= 11 is 0. The maximum Gasteiger partial charge on any atom is 0.172 e. The number of aliphatic hydroxyl groups is 2. The molecule has 0 saturated carbocycles. The number of rotatable bonds is 13. The van der Waals surface area contributed by atoms with Crippen LogP contribution in [-0.4, -0.2) is 21.7 Å². The van der Waals surface area contributed by atoms with Gasteiger partial charge in [0.15, 0.2) is 5.79 Å². The zero-order valence-electron chi connectivity index (χ0n) is 15.1. The minimum atomic E-state index is -1.63. The largest absolute Gasteiger partial charge is 0.365 e. The third-order valence-corrected chi connectivity index (χ3v) is 5.39. The van der Waals surface area contributed by atoms with Crippen LogP contribution < -0.4 is 0 Å². The number of unbranched alkanes of at least 4 members (excludes halogenated alkanes) is 8. The smallest absolute Gasteiger partial charge is 0.172 e. The van der Waals surface area contributed by atoms with Crippen molar-refractivity contribution in [2.24, 2.45) is 0 Å². The summed E-state index contributed by atoms with van der Waals surface area (Å²) in [6, 6.07) is 9.70. The molecule has 1 aromatic rings. The molecule has 0 radical (unpaired) electrons. The Kier molecular flexibility index (Phi) is 14.0. The van der Waals surface area contributed by atoms with Gasteiger partial charge in [0.05, 0.1) is 0 Å². The van der Waals surface area contributed by atoms with Gasteiger partial charge in [0.1, 0.15) is 0 Å². The van der Waals surface area contributed by atoms with Crippen LogP contribution in [0.25, 0.3) is 0 Å². The van der Waals surface area contributed by atoms with E-state index in [0.717, 1.165) is 18.4 Å². The van der Waals surface area contributed by atoms with Gasteiger partial charge in [-0.05, 0) is 12.0 Å². The van der Waals surface area contributed by atoms with E-state index in [1.807, 2.05) is 30.3 Å². The molecule has 140 valence electrons. The normalized spacial score (nSPS) is 12.7. The third-order valence-electron chi connectivity index (χ3n) is 4.52. The van der Waals surface area contributed by atoms with Crippen LogP contribution in [-0.2, 0) is 6.42 Å². The van der Waals surface area contributed by atoms with Gasteiger partial charge in [0.2, 0.25) is 0 Å². The van der Waals surface area contributed by atoms with Crippen LogP contribution in [0.1, 0.15) is 76.7 Å². The Bertz CT molecular complexity index is 398. The second-order valence-corrected chi connectivity index (χ2v) is 7.57. The zero-order chi connectivity index (χ0) is 17.0. The standard InChI is InChI=1S/C20H35O2P.ClH/c1-2-3-4-5-6-7-8-9-13-16-19(23)20(21,22)17-18-14-11-10-12-15-18;/h10-12,14-15,19,21-22H,2-9,13,16-17,23H2,1H3;1H. The number of hydrogen-bond acceptors (Lipinski definition) is 2. The van der Waals surface area contributed by atoms with E-state index >= 15 is 0 Å². The Labute approximate surface area is 157 Å². The second-order valence-electron chi connectivity index (χ2n) is 6.76. The number of hydrogen-bond donors (Lipinski definition) is 2. The molecule has 2 N–H and O–H groups in total. The molecule has 24 heavy (non-hydrogen) atoms. The fraction of sp³-hybridized carbons (Fsp3) is 0.700. The molecule has 0 saturated heterocycles. The van der Waals surface area contributed by atoms with Crippen molar-refractivity contribution in [1.29, 1.82) is 0 Å². The summed E-state index contributed by atoms with van der Waals surface area (Å²) in [5.74, 6) is -1.63. The van der Waals surface area contributed by atoms with Crippen LogP contribution in [0.2, 0.25) is 0 Å². The molecular weight excluding hydrogens is 339 g/mol. The van der Waals surface area contributed by atoms with Crippen molar-refractivity contribution < 1.29 is 10.2 Å². The summed E-state index contributed by atoms with van der Waals surface area (Å²) in [4.78, 5) is 0. The van der Waals surface area contributed by atoms with E-state index in [0.29, 0.717) is 6.42 Å². The monoisotopic (exact) mass is 374 g/mol. The van der Waals surface area contributed by atoms with E-state index in [1.54, 1.807) is 0 Å². The van der Waals surface area contributed by atoms with E-state index in [9.17, 15) is 10.2 Å². The second kappa shape index (κ2) is 14.1. The van der Waals surface area contributed by atoms with Crippen LogP contribution in [0, 0.1) is 0 Å². The van der Waals surface area contributed by atoms with Crippen molar-refractivity contribution >= 4 is 21.6 Å². The first kappa shape index (κ1) is 23.9. The van der Waals surface area contributed by atoms with Crippen molar-refractivity contribution in [3.8, 4) is 0 Å². The molecule has 0 aliphatic rings. The van der Waals surface area contributed by atoms with Gasteiger partial charge in [0, 0.05) is 12.1 Å². The first-order valence-electron chi connectivity index (χ1n) is 9.30. The highest BCUT2D eigenvalue weighted by molar-refractivity contribution is 7.17. The van der Waals surface area contributed by atoms with E-state index in [4.69, 9.17) is 0 Å². The molecule has 0 fully saturated rings. The molecule has 1 aromatic carbocycles. The molecule has 0 aliphatic heterocycles. The molecule has 4 heteroatoms. The van der Waals surface area contributed by atoms with Gasteiger partial charge in [-0.3, -0.25) is 0 Å². The summed E-state index contributed by atoms with van der Waals surface area (Å²) in [5, 5.41) is 20.6. The molecule has 0 heterocycles. The predicted octanol–water partition coefficient (Wildman–Crippen LogP) is 5.50. The quantitative estimate of drug-likeness (QED) is 0.272. The molecule has 0 bridgehead atoms. The van der Waals surface area contributed by atoms with Crippen LogP contribution in [0.4, 0.5) is 0 Å². The molecule has 0 aliphatic carbocycles. The molecule has 1 rings (SSSR count). The van der Waals surface area contributed by atoms with Gasteiger partial charge in [-0.2, -0.15) is 0 Å². The van der Waals surface area contributed by atoms with Gasteiger partial charge >= 0.3 is 0 Å². The lowest BCUT2D eigenvalue weighted by molar-refractivity contribution is -0.160. The zero-order valence-corrected chi connectivity index (χ0v) is 17.1. The van der Waals surface area contributed by atoms with E-state index in [1.165, 1.54) is 51.4 Å². The Balaban J connectivity index is 0.00000529. The Morgan fingerprint density at radius 3 is 1.92 bits per heavy atom. The minimum absolute atomic E-state index is 0. The van der Waals surface area contributed by atoms with Crippen LogP contribution >= 0.6 is 21.6 Å². The average Bonchev–Trinajstić information content (AvgIpc) is 2.53. The highest BCUT2D eigenvalue weighted by atomic mass is 35.5. The lowest BCUT2D eigenvalue weighted by atomic mass is 9.98. The molecule has 0 spiro atoms. The van der Waals surface area contributed by atoms with Gasteiger partial charge in [-0.15, -0.1) is 21.6 Å². The van der Waals surface area contributed by atoms with Crippen molar-refractivity contribution in [3.63, 3.8) is 0 Å². The Hall–Kier alpha value is -0.140. The van der Waals surface area contributed by atoms with Crippen molar-refractivity contribution in [3.05, 3.63) is 35.9 Å². The van der Waals surface area contributed by atoms with Crippen molar-refractivity contribution in [1.82, 2.24) is 0 Å². The number of halogens is 1. The van der Waals surface area contributed by atoms with Gasteiger partial charge in [-0.25, -0.2) is 0 Å². The molecule has 2 unspecified atom stereocenters. The molecule has 2 atom stereocenters. The van der Waals surface area contributed by atoms with Crippen LogP contribution in [0.3, 0.4) is 0 Å².